The maximum atomic E-state index is 13.5. The van der Waals surface area contributed by atoms with E-state index >= 15 is 0 Å². The minimum absolute atomic E-state index is 0.0822. The number of benzene rings is 2. The number of hydrogen-bond acceptors (Lipinski definition) is 5. The molecule has 0 fully saturated rings. The molecule has 0 aliphatic carbocycles. The summed E-state index contributed by atoms with van der Waals surface area (Å²) < 4.78 is 2.97. The first-order valence-corrected chi connectivity index (χ1v) is 11.8. The van der Waals surface area contributed by atoms with Crippen LogP contribution >= 0.6 is 11.3 Å². The Bertz CT molecular complexity index is 1490. The Balaban J connectivity index is 1.75. The van der Waals surface area contributed by atoms with Crippen LogP contribution < -0.4 is 24.7 Å². The highest BCUT2D eigenvalue weighted by atomic mass is 32.1. The molecule has 33 heavy (non-hydrogen) atoms. The Hall–Kier alpha value is -3.71. The van der Waals surface area contributed by atoms with E-state index in [-0.39, 0.29) is 11.5 Å². The van der Waals surface area contributed by atoms with Crippen LogP contribution in [0.15, 0.2) is 70.6 Å². The quantitative estimate of drug-likeness (QED) is 0.608. The zero-order valence-electron chi connectivity index (χ0n) is 18.8. The second-order valence-electron chi connectivity index (χ2n) is 7.82. The molecule has 2 aliphatic rings. The molecule has 0 saturated carbocycles. The molecule has 166 valence electrons. The van der Waals surface area contributed by atoms with Gasteiger partial charge in [-0.2, -0.15) is 10.1 Å². The summed E-state index contributed by atoms with van der Waals surface area (Å²) in [5.74, 6) is -0.212. The first-order chi connectivity index (χ1) is 16.0. The summed E-state index contributed by atoms with van der Waals surface area (Å²) in [4.78, 5) is 29.1. The summed E-state index contributed by atoms with van der Waals surface area (Å²) in [5, 5.41) is 5.92. The molecule has 1 amide bonds. The van der Waals surface area contributed by atoms with Crippen molar-refractivity contribution in [3.05, 3.63) is 85.8 Å². The van der Waals surface area contributed by atoms with E-state index in [1.807, 2.05) is 68.5 Å². The van der Waals surface area contributed by atoms with Gasteiger partial charge in [0.25, 0.3) is 11.5 Å². The Morgan fingerprint density at radius 1 is 0.909 bits per heavy atom. The largest absolute Gasteiger partial charge is 0.340 e. The number of aromatic nitrogens is 1. The highest BCUT2D eigenvalue weighted by Crippen LogP contribution is 2.30. The van der Waals surface area contributed by atoms with Crippen molar-refractivity contribution in [1.82, 2.24) is 4.57 Å². The van der Waals surface area contributed by atoms with Crippen LogP contribution in [0.3, 0.4) is 0 Å². The van der Waals surface area contributed by atoms with E-state index in [2.05, 4.69) is 29.1 Å². The lowest BCUT2D eigenvalue weighted by Crippen LogP contribution is -2.37. The fourth-order valence-corrected chi connectivity index (χ4v) is 5.68. The van der Waals surface area contributed by atoms with Crippen molar-refractivity contribution in [3.8, 4) is 0 Å². The topological polar surface area (TPSA) is 57.9 Å². The highest BCUT2D eigenvalue weighted by Gasteiger charge is 2.31. The van der Waals surface area contributed by atoms with E-state index in [9.17, 15) is 9.59 Å². The molecule has 0 atom stereocenters. The summed E-state index contributed by atoms with van der Waals surface area (Å²) >= 11 is 1.37. The monoisotopic (exact) mass is 456 g/mol. The van der Waals surface area contributed by atoms with Crippen LogP contribution in [0.25, 0.3) is 17.3 Å². The Labute approximate surface area is 195 Å². The molecule has 2 aromatic carbocycles. The highest BCUT2D eigenvalue weighted by molar-refractivity contribution is 7.08. The van der Waals surface area contributed by atoms with Gasteiger partial charge in [0, 0.05) is 18.8 Å². The number of thiazole rings is 1. The molecule has 0 spiro atoms. The molecule has 6 nitrogen and oxygen atoms in total. The van der Waals surface area contributed by atoms with Gasteiger partial charge in [0.15, 0.2) is 0 Å². The molecule has 0 N–H and O–H groups in total. The van der Waals surface area contributed by atoms with Crippen LogP contribution in [0, 0.1) is 0 Å². The van der Waals surface area contributed by atoms with Crippen molar-refractivity contribution >= 4 is 51.7 Å². The number of fused-ring (bicyclic) bond motifs is 1. The summed E-state index contributed by atoms with van der Waals surface area (Å²) in [7, 11) is 0. The number of hydrazone groups is 1. The number of para-hydroxylation sites is 2. The van der Waals surface area contributed by atoms with Gasteiger partial charge in [-0.15, -0.1) is 11.3 Å². The first kappa shape index (κ1) is 21.2. The minimum Gasteiger partial charge on any atom is -0.340 e. The molecule has 2 aliphatic heterocycles. The molecule has 0 radical (unpaired) electrons. The zero-order chi connectivity index (χ0) is 23.1. The lowest BCUT2D eigenvalue weighted by Gasteiger charge is -2.28. The van der Waals surface area contributed by atoms with E-state index in [1.54, 1.807) is 4.57 Å². The maximum Gasteiger partial charge on any atom is 0.283 e. The Morgan fingerprint density at radius 2 is 1.64 bits per heavy atom. The Morgan fingerprint density at radius 3 is 2.36 bits per heavy atom. The molecule has 3 heterocycles. The fraction of sp³-hybridized carbons (Fsp3) is 0.192. The second-order valence-corrected chi connectivity index (χ2v) is 8.82. The van der Waals surface area contributed by atoms with E-state index in [0.717, 1.165) is 23.5 Å². The zero-order valence-corrected chi connectivity index (χ0v) is 19.6. The number of anilines is 2. The predicted molar refractivity (Wildman–Crippen MR) is 136 cm³/mol. The molecule has 1 aromatic heterocycles. The molecule has 5 rings (SSSR count). The SMILES string of the molecule is CCN1C(=c2sc(=C3C(=O)N(c4ccccc4)N=C3C)n(CC)c2=O)C=Cc2ccccc21. The number of carbonyl (C=O) groups is 1. The van der Waals surface area contributed by atoms with Crippen LogP contribution in [0.4, 0.5) is 11.4 Å². The van der Waals surface area contributed by atoms with Gasteiger partial charge >= 0.3 is 0 Å². The van der Waals surface area contributed by atoms with E-state index < -0.39 is 0 Å². The fourth-order valence-electron chi connectivity index (χ4n) is 4.34. The normalized spacial score (nSPS) is 18.6. The average molecular weight is 457 g/mol. The van der Waals surface area contributed by atoms with Crippen molar-refractivity contribution in [2.24, 2.45) is 5.10 Å². The number of nitrogens with zero attached hydrogens (tertiary/aromatic N) is 4. The van der Waals surface area contributed by atoms with Crippen molar-refractivity contribution in [3.63, 3.8) is 0 Å². The van der Waals surface area contributed by atoms with Gasteiger partial charge in [0.1, 0.15) is 9.20 Å². The second kappa shape index (κ2) is 8.33. The summed E-state index contributed by atoms with van der Waals surface area (Å²) in [6.07, 6.45) is 4.05. The van der Waals surface area contributed by atoms with Gasteiger partial charge in [-0.3, -0.25) is 14.2 Å². The molecular formula is C26H24N4O2S. The van der Waals surface area contributed by atoms with Gasteiger partial charge in [0.2, 0.25) is 0 Å². The molecular weight excluding hydrogens is 432 g/mol. The van der Waals surface area contributed by atoms with E-state index in [0.29, 0.717) is 32.7 Å². The number of likely N-dealkylation sites (N-methyl/N-ethyl adjacent to an activating group) is 1. The minimum atomic E-state index is -0.212. The lowest BCUT2D eigenvalue weighted by atomic mass is 10.1. The van der Waals surface area contributed by atoms with Crippen LogP contribution in [-0.2, 0) is 11.3 Å². The third-order valence-electron chi connectivity index (χ3n) is 5.92. The van der Waals surface area contributed by atoms with Gasteiger partial charge in [-0.1, -0.05) is 42.5 Å². The third-order valence-corrected chi connectivity index (χ3v) is 7.13. The number of rotatable bonds is 3. The smallest absolute Gasteiger partial charge is 0.283 e. The van der Waals surface area contributed by atoms with Crippen molar-refractivity contribution in [2.45, 2.75) is 27.3 Å². The number of carbonyl (C=O) groups excluding carboxylic acids is 1. The van der Waals surface area contributed by atoms with Gasteiger partial charge in [-0.25, -0.2) is 0 Å². The maximum absolute atomic E-state index is 13.5. The predicted octanol–water partition coefficient (Wildman–Crippen LogP) is 3.16. The van der Waals surface area contributed by atoms with Gasteiger partial charge in [-0.05, 0) is 50.6 Å². The summed E-state index contributed by atoms with van der Waals surface area (Å²) in [6, 6.07) is 17.5. The van der Waals surface area contributed by atoms with Crippen molar-refractivity contribution in [2.75, 3.05) is 16.5 Å². The number of hydrogen-bond donors (Lipinski definition) is 0. The summed E-state index contributed by atoms with van der Waals surface area (Å²) in [6.45, 7) is 7.03. The summed E-state index contributed by atoms with van der Waals surface area (Å²) in [5.41, 5.74) is 4.78. The molecule has 0 bridgehead atoms. The Kier molecular flexibility index (Phi) is 5.34. The van der Waals surface area contributed by atoms with Gasteiger partial charge in [0.05, 0.1) is 22.7 Å². The van der Waals surface area contributed by atoms with Crippen LogP contribution in [-0.4, -0.2) is 22.7 Å². The van der Waals surface area contributed by atoms with E-state index in [4.69, 9.17) is 0 Å². The molecule has 7 heteroatoms. The van der Waals surface area contributed by atoms with Crippen LogP contribution in [0.1, 0.15) is 26.3 Å². The standard InChI is InChI=1S/C26H24N4O2S/c1-4-28-20-14-10-9-11-18(20)15-16-21(28)23-25(32)29(5-2)26(33-23)22-17(3)27-30(24(22)31)19-12-7-6-8-13-19/h6-16H,4-5H2,1-3H3. The van der Waals surface area contributed by atoms with Gasteiger partial charge < -0.3 is 4.90 Å². The van der Waals surface area contributed by atoms with Crippen LogP contribution in [0.2, 0.25) is 0 Å². The average Bonchev–Trinajstić information content (AvgIpc) is 3.33. The van der Waals surface area contributed by atoms with Crippen LogP contribution in [0.5, 0.6) is 0 Å². The lowest BCUT2D eigenvalue weighted by molar-refractivity contribution is -0.112. The number of amides is 1. The molecule has 3 aromatic rings. The third kappa shape index (κ3) is 3.36. The van der Waals surface area contributed by atoms with E-state index in [1.165, 1.54) is 16.3 Å². The first-order valence-electron chi connectivity index (χ1n) is 11.0. The van der Waals surface area contributed by atoms with Crippen molar-refractivity contribution < 1.29 is 4.79 Å². The van der Waals surface area contributed by atoms with Crippen molar-refractivity contribution in [1.29, 1.82) is 0 Å². The molecule has 0 unspecified atom stereocenters. The molecule has 0 saturated heterocycles.